The van der Waals surface area contributed by atoms with Crippen LogP contribution in [0.4, 0.5) is 0 Å². The zero-order valence-corrected chi connectivity index (χ0v) is 13.0. The van der Waals surface area contributed by atoms with Crippen LogP contribution in [-0.4, -0.2) is 5.78 Å². The number of rotatable bonds is 0. The SMILES string of the molecule is C[C@@]12[CH]CC[C@H]1[C@@H]1CCC3=CC(=O)CC[C@]3(C)[C@H]1CC2. The molecule has 3 saturated carbocycles. The summed E-state index contributed by atoms with van der Waals surface area (Å²) >= 11 is 0. The molecule has 1 nitrogen and oxygen atoms in total. The monoisotopic (exact) mass is 271 g/mol. The number of ketones is 1. The van der Waals surface area contributed by atoms with Crippen molar-refractivity contribution in [1.82, 2.24) is 0 Å². The van der Waals surface area contributed by atoms with Crippen molar-refractivity contribution in [3.05, 3.63) is 18.1 Å². The fourth-order valence-electron chi connectivity index (χ4n) is 6.30. The summed E-state index contributed by atoms with van der Waals surface area (Å²) in [7, 11) is 0. The van der Waals surface area contributed by atoms with Gasteiger partial charge in [-0.15, -0.1) is 0 Å². The van der Waals surface area contributed by atoms with E-state index in [0.717, 1.165) is 30.6 Å². The minimum atomic E-state index is 0.348. The van der Waals surface area contributed by atoms with Crippen LogP contribution < -0.4 is 0 Å². The Kier molecular flexibility index (Phi) is 2.76. The predicted octanol–water partition coefficient (Wildman–Crippen LogP) is 4.72. The molecule has 0 aromatic carbocycles. The first-order valence-corrected chi connectivity index (χ1v) is 8.61. The van der Waals surface area contributed by atoms with Crippen LogP contribution in [-0.2, 0) is 4.79 Å². The van der Waals surface area contributed by atoms with E-state index in [0.29, 0.717) is 16.6 Å². The number of carbonyl (C=O) groups is 1. The molecule has 0 saturated heterocycles. The van der Waals surface area contributed by atoms with Gasteiger partial charge in [-0.05, 0) is 86.0 Å². The molecule has 0 aromatic rings. The Balaban J connectivity index is 1.69. The van der Waals surface area contributed by atoms with E-state index >= 15 is 0 Å². The summed E-state index contributed by atoms with van der Waals surface area (Å²) in [5.74, 6) is 3.08. The average Bonchev–Trinajstić information content (AvgIpc) is 2.81. The van der Waals surface area contributed by atoms with Crippen molar-refractivity contribution in [2.45, 2.75) is 65.2 Å². The lowest BCUT2D eigenvalue weighted by molar-refractivity contribution is -0.117. The highest BCUT2D eigenvalue weighted by molar-refractivity contribution is 5.91. The molecule has 0 amide bonds. The summed E-state index contributed by atoms with van der Waals surface area (Å²) < 4.78 is 0. The van der Waals surface area contributed by atoms with Gasteiger partial charge in [0.1, 0.15) is 0 Å². The summed E-state index contributed by atoms with van der Waals surface area (Å²) in [6, 6.07) is 0. The Hall–Kier alpha value is -0.590. The molecular weight excluding hydrogens is 244 g/mol. The number of allylic oxidation sites excluding steroid dienone is 1. The van der Waals surface area contributed by atoms with Crippen LogP contribution in [0.25, 0.3) is 0 Å². The molecule has 20 heavy (non-hydrogen) atoms. The van der Waals surface area contributed by atoms with E-state index in [1.54, 1.807) is 0 Å². The highest BCUT2D eigenvalue weighted by atomic mass is 16.1. The fraction of sp³-hybridized carbons (Fsp3) is 0.789. The molecule has 1 heteroatoms. The van der Waals surface area contributed by atoms with E-state index in [1.165, 1.54) is 44.1 Å². The molecule has 0 N–H and O–H groups in total. The highest BCUT2D eigenvalue weighted by Crippen LogP contribution is 2.64. The normalized spacial score (nSPS) is 51.0. The number of fused-ring (bicyclic) bond motifs is 5. The lowest BCUT2D eigenvalue weighted by Crippen LogP contribution is -2.49. The molecule has 4 aliphatic carbocycles. The minimum absolute atomic E-state index is 0.348. The van der Waals surface area contributed by atoms with Crippen LogP contribution in [0.2, 0.25) is 0 Å². The summed E-state index contributed by atoms with van der Waals surface area (Å²) in [5, 5.41) is 0. The fourth-order valence-corrected chi connectivity index (χ4v) is 6.30. The Labute approximate surface area is 123 Å². The Morgan fingerprint density at radius 1 is 1.05 bits per heavy atom. The number of carbonyl (C=O) groups excluding carboxylic acids is 1. The van der Waals surface area contributed by atoms with Crippen molar-refractivity contribution >= 4 is 5.78 Å². The third kappa shape index (κ3) is 1.64. The average molecular weight is 271 g/mol. The van der Waals surface area contributed by atoms with Crippen molar-refractivity contribution in [2.75, 3.05) is 0 Å². The van der Waals surface area contributed by atoms with Crippen LogP contribution in [0, 0.1) is 35.0 Å². The Morgan fingerprint density at radius 3 is 2.75 bits per heavy atom. The standard InChI is InChI=1S/C19H27O/c1-18-9-3-4-16(18)15-6-5-13-12-14(20)7-11-19(13,2)17(15)8-10-18/h9,12,15-17H,3-8,10-11H2,1-2H3/t15-,16-,17-,18-,19-/m0/s1. The zero-order chi connectivity index (χ0) is 14.0. The van der Waals surface area contributed by atoms with Gasteiger partial charge in [0, 0.05) is 6.42 Å². The zero-order valence-electron chi connectivity index (χ0n) is 13.0. The summed E-state index contributed by atoms with van der Waals surface area (Å²) in [5.41, 5.74) is 2.38. The van der Waals surface area contributed by atoms with Gasteiger partial charge in [0.15, 0.2) is 5.78 Å². The van der Waals surface area contributed by atoms with Crippen molar-refractivity contribution < 1.29 is 4.79 Å². The van der Waals surface area contributed by atoms with Gasteiger partial charge in [0.2, 0.25) is 0 Å². The summed E-state index contributed by atoms with van der Waals surface area (Å²) in [4.78, 5) is 11.8. The molecule has 0 bridgehead atoms. The molecular formula is C19H27O. The van der Waals surface area contributed by atoms with Crippen LogP contribution in [0.5, 0.6) is 0 Å². The largest absolute Gasteiger partial charge is 0.295 e. The smallest absolute Gasteiger partial charge is 0.155 e. The van der Waals surface area contributed by atoms with Crippen LogP contribution in [0.3, 0.4) is 0 Å². The van der Waals surface area contributed by atoms with Crippen molar-refractivity contribution in [1.29, 1.82) is 0 Å². The second kappa shape index (κ2) is 4.21. The van der Waals surface area contributed by atoms with Crippen LogP contribution >= 0.6 is 0 Å². The van der Waals surface area contributed by atoms with Gasteiger partial charge in [-0.3, -0.25) is 4.79 Å². The van der Waals surface area contributed by atoms with E-state index < -0.39 is 0 Å². The quantitative estimate of drug-likeness (QED) is 0.623. The molecule has 4 rings (SSSR count). The molecule has 0 unspecified atom stereocenters. The maximum atomic E-state index is 11.8. The molecule has 0 heterocycles. The summed E-state index contributed by atoms with van der Waals surface area (Å²) in [6.07, 6.45) is 14.6. The van der Waals surface area contributed by atoms with Crippen molar-refractivity contribution in [3.8, 4) is 0 Å². The van der Waals surface area contributed by atoms with Crippen molar-refractivity contribution in [3.63, 3.8) is 0 Å². The Bertz CT molecular complexity index is 476. The van der Waals surface area contributed by atoms with E-state index in [-0.39, 0.29) is 0 Å². The van der Waals surface area contributed by atoms with E-state index in [2.05, 4.69) is 20.3 Å². The molecule has 0 spiro atoms. The molecule has 109 valence electrons. The van der Waals surface area contributed by atoms with Crippen LogP contribution in [0.15, 0.2) is 11.6 Å². The maximum absolute atomic E-state index is 11.8. The highest BCUT2D eigenvalue weighted by Gasteiger charge is 2.56. The van der Waals surface area contributed by atoms with Gasteiger partial charge < -0.3 is 0 Å². The summed E-state index contributed by atoms with van der Waals surface area (Å²) in [6.45, 7) is 4.99. The third-order valence-electron chi connectivity index (χ3n) is 7.49. The second-order valence-electron chi connectivity index (χ2n) is 8.29. The van der Waals surface area contributed by atoms with Gasteiger partial charge in [-0.1, -0.05) is 19.4 Å². The molecule has 4 aliphatic rings. The van der Waals surface area contributed by atoms with Gasteiger partial charge in [0.25, 0.3) is 0 Å². The first kappa shape index (κ1) is 13.1. The minimum Gasteiger partial charge on any atom is -0.295 e. The maximum Gasteiger partial charge on any atom is 0.155 e. The lowest BCUT2D eigenvalue weighted by Gasteiger charge is -2.57. The first-order chi connectivity index (χ1) is 9.53. The predicted molar refractivity (Wildman–Crippen MR) is 81.0 cm³/mol. The Morgan fingerprint density at radius 2 is 1.90 bits per heavy atom. The van der Waals surface area contributed by atoms with E-state index in [4.69, 9.17) is 0 Å². The van der Waals surface area contributed by atoms with E-state index in [1.807, 2.05) is 6.08 Å². The second-order valence-corrected chi connectivity index (χ2v) is 8.29. The van der Waals surface area contributed by atoms with Gasteiger partial charge in [-0.25, -0.2) is 0 Å². The number of hydrogen-bond donors (Lipinski definition) is 0. The third-order valence-corrected chi connectivity index (χ3v) is 7.49. The topological polar surface area (TPSA) is 17.1 Å². The number of hydrogen-bond acceptors (Lipinski definition) is 1. The molecule has 0 aromatic heterocycles. The molecule has 1 radical (unpaired) electrons. The van der Waals surface area contributed by atoms with Gasteiger partial charge in [-0.2, -0.15) is 0 Å². The van der Waals surface area contributed by atoms with Crippen molar-refractivity contribution in [2.24, 2.45) is 28.6 Å². The van der Waals surface area contributed by atoms with Crippen LogP contribution in [0.1, 0.15) is 65.2 Å². The van der Waals surface area contributed by atoms with Gasteiger partial charge >= 0.3 is 0 Å². The molecule has 5 atom stereocenters. The molecule has 0 aliphatic heterocycles. The lowest BCUT2D eigenvalue weighted by atomic mass is 9.47. The first-order valence-electron chi connectivity index (χ1n) is 8.61. The van der Waals surface area contributed by atoms with Gasteiger partial charge in [0.05, 0.1) is 0 Å². The van der Waals surface area contributed by atoms with E-state index in [9.17, 15) is 4.79 Å². The molecule has 3 fully saturated rings.